The first-order valence-corrected chi connectivity index (χ1v) is 12.5. The second kappa shape index (κ2) is 9.13. The highest BCUT2D eigenvalue weighted by molar-refractivity contribution is 7.99. The number of hydrogen-bond donors (Lipinski definition) is 1. The van der Waals surface area contributed by atoms with E-state index in [1.54, 1.807) is 15.9 Å². The van der Waals surface area contributed by atoms with Crippen LogP contribution in [0.15, 0.2) is 64.5 Å². The Morgan fingerprint density at radius 1 is 1.15 bits per heavy atom. The van der Waals surface area contributed by atoms with E-state index in [1.165, 1.54) is 10.4 Å². The van der Waals surface area contributed by atoms with Gasteiger partial charge in [0, 0.05) is 24.5 Å². The number of rotatable bonds is 6. The monoisotopic (exact) mass is 477 g/mol. The molecule has 2 aromatic carbocycles. The van der Waals surface area contributed by atoms with Crippen LogP contribution in [0.4, 0.5) is 0 Å². The Hall–Kier alpha value is -2.94. The molecule has 0 radical (unpaired) electrons. The Balaban J connectivity index is 1.57. The van der Waals surface area contributed by atoms with Crippen LogP contribution in [-0.4, -0.2) is 37.8 Å². The zero-order chi connectivity index (χ0) is 22.9. The zero-order valence-corrected chi connectivity index (χ0v) is 19.8. The van der Waals surface area contributed by atoms with Gasteiger partial charge in [0.05, 0.1) is 16.8 Å². The first kappa shape index (κ1) is 21.9. The van der Waals surface area contributed by atoms with E-state index < -0.39 is 5.97 Å². The molecule has 8 heteroatoms. The van der Waals surface area contributed by atoms with E-state index in [9.17, 15) is 14.7 Å². The Morgan fingerprint density at radius 2 is 1.91 bits per heavy atom. The number of thiophene rings is 1. The maximum Gasteiger partial charge on any atom is 0.313 e. The van der Waals surface area contributed by atoms with Crippen LogP contribution >= 0.6 is 23.1 Å². The molecule has 1 aliphatic rings. The molecule has 0 saturated carbocycles. The van der Waals surface area contributed by atoms with E-state index in [4.69, 9.17) is 4.98 Å². The topological polar surface area (TPSA) is 75.4 Å². The quantitative estimate of drug-likeness (QED) is 0.326. The molecular formula is C25H23N3O3S2. The van der Waals surface area contributed by atoms with Gasteiger partial charge in [0.25, 0.3) is 5.56 Å². The number of benzene rings is 2. The van der Waals surface area contributed by atoms with Crippen molar-refractivity contribution < 1.29 is 9.90 Å². The third-order valence-electron chi connectivity index (χ3n) is 5.79. The van der Waals surface area contributed by atoms with Crippen LogP contribution in [0, 0.1) is 6.92 Å². The standard InChI is InChI=1S/C25H23N3O3S2/c1-16-7-9-18(10-8-16)28-24(31)22-19-11-12-27(13-17-5-3-2-4-6-17)14-20(19)33-23(22)26-25(28)32-15-21(29)30/h2-10H,11-15H2,1H3,(H,29,30). The minimum atomic E-state index is -0.938. The molecule has 0 amide bonds. The Labute approximate surface area is 199 Å². The fraction of sp³-hybridized carbons (Fsp3) is 0.240. The van der Waals surface area contributed by atoms with Gasteiger partial charge in [-0.2, -0.15) is 0 Å². The van der Waals surface area contributed by atoms with Gasteiger partial charge in [0.2, 0.25) is 0 Å². The lowest BCUT2D eigenvalue weighted by atomic mass is 10.0. The molecule has 6 nitrogen and oxygen atoms in total. The molecule has 0 fully saturated rings. The second-order valence-corrected chi connectivity index (χ2v) is 10.2. The van der Waals surface area contributed by atoms with Gasteiger partial charge in [0.1, 0.15) is 4.83 Å². The third kappa shape index (κ3) is 4.46. The second-order valence-electron chi connectivity index (χ2n) is 8.18. The van der Waals surface area contributed by atoms with Crippen molar-refractivity contribution in [3.05, 3.63) is 86.5 Å². The number of aliphatic carboxylic acids is 1. The van der Waals surface area contributed by atoms with Gasteiger partial charge in [-0.1, -0.05) is 59.8 Å². The largest absolute Gasteiger partial charge is 0.481 e. The zero-order valence-electron chi connectivity index (χ0n) is 18.2. The van der Waals surface area contributed by atoms with E-state index >= 15 is 0 Å². The summed E-state index contributed by atoms with van der Waals surface area (Å²) in [5, 5.41) is 10.3. The van der Waals surface area contributed by atoms with Crippen molar-refractivity contribution in [2.45, 2.75) is 31.6 Å². The van der Waals surface area contributed by atoms with Crippen molar-refractivity contribution in [1.82, 2.24) is 14.5 Å². The molecule has 0 spiro atoms. The van der Waals surface area contributed by atoms with Crippen LogP contribution in [0.3, 0.4) is 0 Å². The summed E-state index contributed by atoms with van der Waals surface area (Å²) in [4.78, 5) is 34.0. The van der Waals surface area contributed by atoms with Crippen LogP contribution in [-0.2, 0) is 24.3 Å². The summed E-state index contributed by atoms with van der Waals surface area (Å²) in [6, 6.07) is 18.1. The van der Waals surface area contributed by atoms with Gasteiger partial charge < -0.3 is 5.11 Å². The van der Waals surface area contributed by atoms with Gasteiger partial charge in [0.15, 0.2) is 5.16 Å². The third-order valence-corrected chi connectivity index (χ3v) is 7.82. The van der Waals surface area contributed by atoms with Gasteiger partial charge in [-0.25, -0.2) is 4.98 Å². The summed E-state index contributed by atoms with van der Waals surface area (Å²) >= 11 is 2.64. The van der Waals surface area contributed by atoms with Crippen molar-refractivity contribution in [3.63, 3.8) is 0 Å². The molecule has 0 aliphatic carbocycles. The van der Waals surface area contributed by atoms with E-state index in [0.29, 0.717) is 21.1 Å². The summed E-state index contributed by atoms with van der Waals surface area (Å²) in [5.41, 5.74) is 4.04. The molecule has 33 heavy (non-hydrogen) atoms. The van der Waals surface area contributed by atoms with Crippen molar-refractivity contribution in [2.75, 3.05) is 12.3 Å². The molecule has 0 atom stereocenters. The van der Waals surface area contributed by atoms with E-state index in [2.05, 4.69) is 29.2 Å². The highest BCUT2D eigenvalue weighted by Gasteiger charge is 2.26. The first-order valence-electron chi connectivity index (χ1n) is 10.7. The normalized spacial score (nSPS) is 13.8. The van der Waals surface area contributed by atoms with Crippen molar-refractivity contribution >= 4 is 39.3 Å². The number of aromatic nitrogens is 2. The summed E-state index contributed by atoms with van der Waals surface area (Å²) in [7, 11) is 0. The maximum atomic E-state index is 13.7. The molecule has 5 rings (SSSR count). The summed E-state index contributed by atoms with van der Waals surface area (Å²) in [5.74, 6) is -1.09. The molecule has 1 N–H and O–H groups in total. The molecule has 2 aromatic heterocycles. The van der Waals surface area contributed by atoms with Gasteiger partial charge in [-0.15, -0.1) is 11.3 Å². The number of carboxylic acids is 1. The highest BCUT2D eigenvalue weighted by Crippen LogP contribution is 2.34. The number of thioether (sulfide) groups is 1. The van der Waals surface area contributed by atoms with E-state index in [0.717, 1.165) is 48.9 Å². The molecule has 0 bridgehead atoms. The van der Waals surface area contributed by atoms with Crippen LogP contribution in [0.1, 0.15) is 21.6 Å². The van der Waals surface area contributed by atoms with Crippen LogP contribution in [0.5, 0.6) is 0 Å². The molecule has 168 valence electrons. The predicted molar refractivity (Wildman–Crippen MR) is 133 cm³/mol. The lowest BCUT2D eigenvalue weighted by Crippen LogP contribution is -2.30. The maximum absolute atomic E-state index is 13.7. The van der Waals surface area contributed by atoms with E-state index in [-0.39, 0.29) is 11.3 Å². The Morgan fingerprint density at radius 3 is 2.64 bits per heavy atom. The minimum Gasteiger partial charge on any atom is -0.481 e. The van der Waals surface area contributed by atoms with E-state index in [1.807, 2.05) is 37.3 Å². The average Bonchev–Trinajstić information content (AvgIpc) is 3.17. The van der Waals surface area contributed by atoms with Crippen molar-refractivity contribution in [2.24, 2.45) is 0 Å². The number of carbonyl (C=O) groups is 1. The molecule has 3 heterocycles. The molecular weight excluding hydrogens is 454 g/mol. The molecule has 0 saturated heterocycles. The van der Waals surface area contributed by atoms with Crippen LogP contribution in [0.2, 0.25) is 0 Å². The van der Waals surface area contributed by atoms with Gasteiger partial charge >= 0.3 is 5.97 Å². The van der Waals surface area contributed by atoms with Crippen molar-refractivity contribution in [3.8, 4) is 5.69 Å². The molecule has 1 aliphatic heterocycles. The predicted octanol–water partition coefficient (Wildman–Crippen LogP) is 4.49. The number of nitrogens with zero attached hydrogens (tertiary/aromatic N) is 3. The summed E-state index contributed by atoms with van der Waals surface area (Å²) < 4.78 is 1.57. The average molecular weight is 478 g/mol. The molecule has 0 unspecified atom stereocenters. The fourth-order valence-corrected chi connectivity index (χ4v) is 6.23. The number of hydrogen-bond acceptors (Lipinski definition) is 6. The summed E-state index contributed by atoms with van der Waals surface area (Å²) in [6.07, 6.45) is 0.800. The molecule has 4 aromatic rings. The lowest BCUT2D eigenvalue weighted by molar-refractivity contribution is -0.133. The lowest BCUT2D eigenvalue weighted by Gasteiger charge is -2.26. The van der Waals surface area contributed by atoms with Gasteiger partial charge in [-0.3, -0.25) is 19.1 Å². The Kier molecular flexibility index (Phi) is 6.05. The Bertz CT molecular complexity index is 1380. The van der Waals surface area contributed by atoms with Crippen molar-refractivity contribution in [1.29, 1.82) is 0 Å². The van der Waals surface area contributed by atoms with Crippen LogP contribution < -0.4 is 5.56 Å². The SMILES string of the molecule is Cc1ccc(-n2c(SCC(=O)O)nc3sc4c(c3c2=O)CCN(Cc2ccccc2)C4)cc1. The highest BCUT2D eigenvalue weighted by atomic mass is 32.2. The first-order chi connectivity index (χ1) is 16.0. The smallest absolute Gasteiger partial charge is 0.313 e. The number of aryl methyl sites for hydroxylation is 1. The van der Waals surface area contributed by atoms with Crippen LogP contribution in [0.25, 0.3) is 15.9 Å². The number of fused-ring (bicyclic) bond motifs is 3. The van der Waals surface area contributed by atoms with Gasteiger partial charge in [-0.05, 0) is 36.6 Å². The summed E-state index contributed by atoms with van der Waals surface area (Å²) in [6.45, 7) is 4.53. The number of carboxylic acid groups (broad SMARTS) is 1. The minimum absolute atomic E-state index is 0.120. The fourth-order valence-electron chi connectivity index (χ4n) is 4.20.